The number of aryl methyl sites for hydroxylation is 2. The van der Waals surface area contributed by atoms with Crippen molar-refractivity contribution in [1.82, 2.24) is 10.2 Å². The SMILES string of the molecule is CCCNC(=O)[C@@H](Cc1ccccc1)N(Cc1ccc(F)cc1)C(=O)COc1ccc(C)c(C)c1. The first-order valence-electron chi connectivity index (χ1n) is 11.9. The topological polar surface area (TPSA) is 58.6 Å². The van der Waals surface area contributed by atoms with E-state index in [-0.39, 0.29) is 30.8 Å². The van der Waals surface area contributed by atoms with Crippen molar-refractivity contribution in [1.29, 1.82) is 0 Å². The fourth-order valence-corrected chi connectivity index (χ4v) is 3.74. The number of halogens is 1. The molecule has 0 fully saturated rings. The highest BCUT2D eigenvalue weighted by molar-refractivity contribution is 5.88. The van der Waals surface area contributed by atoms with Crippen LogP contribution in [0.4, 0.5) is 4.39 Å². The number of benzene rings is 3. The lowest BCUT2D eigenvalue weighted by Gasteiger charge is -2.31. The third-order valence-corrected chi connectivity index (χ3v) is 5.93. The zero-order valence-electron chi connectivity index (χ0n) is 20.6. The Morgan fingerprint density at radius 2 is 1.66 bits per heavy atom. The number of carbonyl (C=O) groups excluding carboxylic acids is 2. The second kappa shape index (κ2) is 12.7. The van der Waals surface area contributed by atoms with Gasteiger partial charge >= 0.3 is 0 Å². The van der Waals surface area contributed by atoms with Gasteiger partial charge in [-0.1, -0.05) is 55.5 Å². The molecule has 6 heteroatoms. The summed E-state index contributed by atoms with van der Waals surface area (Å²) in [4.78, 5) is 28.3. The molecule has 0 aliphatic carbocycles. The normalized spacial score (nSPS) is 11.5. The van der Waals surface area contributed by atoms with Crippen LogP contribution in [0.2, 0.25) is 0 Å². The first kappa shape index (κ1) is 25.9. The van der Waals surface area contributed by atoms with Gasteiger partial charge in [0.05, 0.1) is 0 Å². The maximum Gasteiger partial charge on any atom is 0.261 e. The summed E-state index contributed by atoms with van der Waals surface area (Å²) in [7, 11) is 0. The van der Waals surface area contributed by atoms with Crippen LogP contribution in [0.1, 0.15) is 35.6 Å². The Morgan fingerprint density at radius 3 is 2.31 bits per heavy atom. The van der Waals surface area contributed by atoms with Crippen LogP contribution < -0.4 is 10.1 Å². The van der Waals surface area contributed by atoms with Crippen LogP contribution in [0.5, 0.6) is 5.75 Å². The van der Waals surface area contributed by atoms with Crippen LogP contribution in [0, 0.1) is 19.7 Å². The molecular weight excluding hydrogens is 443 g/mol. The Morgan fingerprint density at radius 1 is 0.943 bits per heavy atom. The summed E-state index contributed by atoms with van der Waals surface area (Å²) in [6.07, 6.45) is 1.14. The van der Waals surface area contributed by atoms with Crippen molar-refractivity contribution in [2.45, 2.75) is 46.2 Å². The molecular formula is C29H33FN2O3. The molecule has 5 nitrogen and oxygen atoms in total. The summed E-state index contributed by atoms with van der Waals surface area (Å²) in [5.41, 5.74) is 3.87. The number of nitrogens with zero attached hydrogens (tertiary/aromatic N) is 1. The molecule has 0 bridgehead atoms. The van der Waals surface area contributed by atoms with Gasteiger partial charge in [-0.15, -0.1) is 0 Å². The summed E-state index contributed by atoms with van der Waals surface area (Å²) >= 11 is 0. The number of carbonyl (C=O) groups is 2. The van der Waals surface area contributed by atoms with E-state index in [9.17, 15) is 14.0 Å². The van der Waals surface area contributed by atoms with Crippen LogP contribution in [-0.2, 0) is 22.6 Å². The van der Waals surface area contributed by atoms with Crippen molar-refractivity contribution in [2.24, 2.45) is 0 Å². The quantitative estimate of drug-likeness (QED) is 0.424. The van der Waals surface area contributed by atoms with Crippen LogP contribution in [0.25, 0.3) is 0 Å². The maximum atomic E-state index is 13.5. The van der Waals surface area contributed by atoms with Gasteiger partial charge in [-0.2, -0.15) is 0 Å². The molecule has 1 atom stereocenters. The standard InChI is InChI=1S/C29H33FN2O3/c1-4-16-31-29(34)27(18-23-8-6-5-7-9-23)32(19-24-11-13-25(30)14-12-24)28(33)20-35-26-15-10-21(2)22(3)17-26/h5-15,17,27H,4,16,18-20H2,1-3H3,(H,31,34)/t27-/m1/s1. The Kier molecular flexibility index (Phi) is 9.41. The van der Waals surface area contributed by atoms with E-state index in [2.05, 4.69) is 5.32 Å². The average Bonchev–Trinajstić information content (AvgIpc) is 2.87. The molecule has 35 heavy (non-hydrogen) atoms. The van der Waals surface area contributed by atoms with E-state index < -0.39 is 6.04 Å². The first-order valence-corrected chi connectivity index (χ1v) is 11.9. The Hall–Kier alpha value is -3.67. The fourth-order valence-electron chi connectivity index (χ4n) is 3.74. The van der Waals surface area contributed by atoms with Gasteiger partial charge in [0, 0.05) is 19.5 Å². The maximum absolute atomic E-state index is 13.5. The second-order valence-electron chi connectivity index (χ2n) is 8.68. The Labute approximate surface area is 206 Å². The first-order chi connectivity index (χ1) is 16.9. The molecule has 2 amide bonds. The minimum atomic E-state index is -0.746. The highest BCUT2D eigenvalue weighted by Crippen LogP contribution is 2.19. The van der Waals surface area contributed by atoms with Crippen molar-refractivity contribution < 1.29 is 18.7 Å². The number of rotatable bonds is 11. The highest BCUT2D eigenvalue weighted by Gasteiger charge is 2.30. The molecule has 0 aliphatic heterocycles. The number of hydrogen-bond donors (Lipinski definition) is 1. The van der Waals surface area contributed by atoms with E-state index in [1.54, 1.807) is 12.1 Å². The fraction of sp³-hybridized carbons (Fsp3) is 0.310. The Balaban J connectivity index is 1.88. The van der Waals surface area contributed by atoms with E-state index in [0.29, 0.717) is 18.7 Å². The van der Waals surface area contributed by atoms with E-state index >= 15 is 0 Å². The van der Waals surface area contributed by atoms with E-state index in [4.69, 9.17) is 4.74 Å². The zero-order chi connectivity index (χ0) is 25.2. The van der Waals surface area contributed by atoms with Crippen molar-refractivity contribution in [3.63, 3.8) is 0 Å². The molecule has 3 rings (SSSR count). The molecule has 0 saturated carbocycles. The van der Waals surface area contributed by atoms with Gasteiger partial charge in [0.1, 0.15) is 17.6 Å². The summed E-state index contributed by atoms with van der Waals surface area (Å²) in [6, 6.07) is 20.5. The molecule has 1 N–H and O–H groups in total. The summed E-state index contributed by atoms with van der Waals surface area (Å²) in [5, 5.41) is 2.94. The average molecular weight is 477 g/mol. The van der Waals surface area contributed by atoms with Crippen LogP contribution >= 0.6 is 0 Å². The van der Waals surface area contributed by atoms with Crippen molar-refractivity contribution >= 4 is 11.8 Å². The molecule has 0 heterocycles. The van der Waals surface area contributed by atoms with Crippen molar-refractivity contribution in [3.05, 3.63) is 101 Å². The van der Waals surface area contributed by atoms with Crippen LogP contribution in [0.15, 0.2) is 72.8 Å². The third-order valence-electron chi connectivity index (χ3n) is 5.93. The number of hydrogen-bond acceptors (Lipinski definition) is 3. The third kappa shape index (κ3) is 7.67. The lowest BCUT2D eigenvalue weighted by atomic mass is 10.0. The van der Waals surface area contributed by atoms with Gasteiger partial charge in [-0.3, -0.25) is 9.59 Å². The van der Waals surface area contributed by atoms with E-state index in [0.717, 1.165) is 28.7 Å². The van der Waals surface area contributed by atoms with Crippen LogP contribution in [-0.4, -0.2) is 35.9 Å². The largest absolute Gasteiger partial charge is 0.484 e. The number of nitrogens with one attached hydrogen (secondary N) is 1. The molecule has 3 aromatic carbocycles. The predicted octanol–water partition coefficient (Wildman–Crippen LogP) is 4.99. The van der Waals surface area contributed by atoms with Gasteiger partial charge in [0.25, 0.3) is 5.91 Å². The minimum absolute atomic E-state index is 0.159. The van der Waals surface area contributed by atoms with Crippen molar-refractivity contribution in [3.8, 4) is 5.75 Å². The number of amides is 2. The molecule has 0 aliphatic rings. The Bertz CT molecular complexity index is 1120. The lowest BCUT2D eigenvalue weighted by Crippen LogP contribution is -2.51. The highest BCUT2D eigenvalue weighted by atomic mass is 19.1. The monoisotopic (exact) mass is 476 g/mol. The molecule has 0 aromatic heterocycles. The van der Waals surface area contributed by atoms with E-state index in [1.165, 1.54) is 17.0 Å². The minimum Gasteiger partial charge on any atom is -0.484 e. The van der Waals surface area contributed by atoms with Gasteiger partial charge in [0.15, 0.2) is 6.61 Å². The summed E-state index contributed by atoms with van der Waals surface area (Å²) in [5.74, 6) is -0.304. The van der Waals surface area contributed by atoms with Crippen LogP contribution in [0.3, 0.4) is 0 Å². The van der Waals surface area contributed by atoms with Gasteiger partial charge in [-0.05, 0) is 66.8 Å². The summed E-state index contributed by atoms with van der Waals surface area (Å²) in [6.45, 7) is 6.44. The summed E-state index contributed by atoms with van der Waals surface area (Å²) < 4.78 is 19.3. The van der Waals surface area contributed by atoms with E-state index in [1.807, 2.05) is 69.3 Å². The second-order valence-corrected chi connectivity index (χ2v) is 8.68. The molecule has 0 radical (unpaired) electrons. The van der Waals surface area contributed by atoms with Crippen molar-refractivity contribution in [2.75, 3.05) is 13.2 Å². The molecule has 0 unspecified atom stereocenters. The van der Waals surface area contributed by atoms with Gasteiger partial charge in [-0.25, -0.2) is 4.39 Å². The number of ether oxygens (including phenoxy) is 1. The predicted molar refractivity (Wildman–Crippen MR) is 136 cm³/mol. The molecule has 184 valence electrons. The lowest BCUT2D eigenvalue weighted by molar-refractivity contribution is -0.142. The van der Waals surface area contributed by atoms with Gasteiger partial charge in [0.2, 0.25) is 5.91 Å². The molecule has 3 aromatic rings. The molecule has 0 spiro atoms. The zero-order valence-corrected chi connectivity index (χ0v) is 20.6. The molecule has 0 saturated heterocycles. The van der Waals surface area contributed by atoms with Gasteiger partial charge < -0.3 is 15.0 Å². The smallest absolute Gasteiger partial charge is 0.261 e.